The van der Waals surface area contributed by atoms with Crippen molar-refractivity contribution < 1.29 is 24.2 Å². The number of ether oxygens (including phenoxy) is 2. The first-order valence-corrected chi connectivity index (χ1v) is 7.57. The van der Waals surface area contributed by atoms with Gasteiger partial charge in [-0.3, -0.25) is 4.79 Å². The van der Waals surface area contributed by atoms with E-state index in [-0.39, 0.29) is 31.5 Å². The predicted octanol–water partition coefficient (Wildman–Crippen LogP) is 0.233. The number of benzene rings is 1. The molecule has 1 amide bonds. The molecule has 1 fully saturated rings. The molecule has 126 valence electrons. The van der Waals surface area contributed by atoms with E-state index in [9.17, 15) is 9.59 Å². The van der Waals surface area contributed by atoms with E-state index >= 15 is 0 Å². The average molecular weight is 322 g/mol. The van der Waals surface area contributed by atoms with Crippen molar-refractivity contribution in [3.05, 3.63) is 35.9 Å². The van der Waals surface area contributed by atoms with Crippen LogP contribution in [0.1, 0.15) is 12.0 Å². The molecular formula is C16H22N2O5. The standard InChI is InChI=1S/C16H22N2O5/c17-9-15(19)18-10-13(8-14(18)16(20)21)23-7-6-22-11-12-4-2-1-3-5-12/h1-5,13-14H,6-11,17H2,(H,20,21)/t13-,14+/m1/s1. The topological polar surface area (TPSA) is 102 Å². The number of aliphatic carboxylic acids is 1. The summed E-state index contributed by atoms with van der Waals surface area (Å²) in [4.78, 5) is 24.1. The first-order valence-electron chi connectivity index (χ1n) is 7.57. The lowest BCUT2D eigenvalue weighted by Gasteiger charge is -2.20. The number of carbonyl (C=O) groups excluding carboxylic acids is 1. The van der Waals surface area contributed by atoms with Gasteiger partial charge in [-0.05, 0) is 5.56 Å². The van der Waals surface area contributed by atoms with Crippen molar-refractivity contribution in [2.24, 2.45) is 5.73 Å². The van der Waals surface area contributed by atoms with Gasteiger partial charge in [0.2, 0.25) is 5.91 Å². The van der Waals surface area contributed by atoms with Gasteiger partial charge in [-0.2, -0.15) is 0 Å². The van der Waals surface area contributed by atoms with E-state index < -0.39 is 12.0 Å². The number of carboxylic acids is 1. The van der Waals surface area contributed by atoms with Crippen LogP contribution in [0.4, 0.5) is 0 Å². The summed E-state index contributed by atoms with van der Waals surface area (Å²) in [5.41, 5.74) is 6.39. The third-order valence-electron chi connectivity index (χ3n) is 3.74. The van der Waals surface area contributed by atoms with Crippen LogP contribution in [0.15, 0.2) is 30.3 Å². The van der Waals surface area contributed by atoms with Crippen molar-refractivity contribution in [1.29, 1.82) is 0 Å². The Morgan fingerprint density at radius 2 is 2.00 bits per heavy atom. The normalized spacial score (nSPS) is 20.7. The molecule has 0 saturated carbocycles. The summed E-state index contributed by atoms with van der Waals surface area (Å²) in [7, 11) is 0. The molecule has 1 saturated heterocycles. The zero-order valence-corrected chi connectivity index (χ0v) is 12.9. The maximum Gasteiger partial charge on any atom is 0.326 e. The highest BCUT2D eigenvalue weighted by molar-refractivity contribution is 5.85. The number of carboxylic acid groups (broad SMARTS) is 1. The monoisotopic (exact) mass is 322 g/mol. The Morgan fingerprint density at radius 1 is 1.26 bits per heavy atom. The zero-order valence-electron chi connectivity index (χ0n) is 12.9. The maximum atomic E-state index is 11.7. The summed E-state index contributed by atoms with van der Waals surface area (Å²) < 4.78 is 11.1. The van der Waals surface area contributed by atoms with Gasteiger partial charge in [-0.25, -0.2) is 4.79 Å². The molecule has 0 unspecified atom stereocenters. The Balaban J connectivity index is 1.70. The van der Waals surface area contributed by atoms with Crippen LogP contribution < -0.4 is 5.73 Å². The van der Waals surface area contributed by atoms with E-state index in [2.05, 4.69) is 0 Å². The lowest BCUT2D eigenvalue weighted by molar-refractivity contribution is -0.147. The molecule has 1 heterocycles. The highest BCUT2D eigenvalue weighted by Crippen LogP contribution is 2.20. The molecule has 7 nitrogen and oxygen atoms in total. The van der Waals surface area contributed by atoms with E-state index in [4.69, 9.17) is 20.3 Å². The third-order valence-corrected chi connectivity index (χ3v) is 3.74. The van der Waals surface area contributed by atoms with Crippen LogP contribution >= 0.6 is 0 Å². The molecule has 7 heteroatoms. The van der Waals surface area contributed by atoms with E-state index in [1.165, 1.54) is 4.90 Å². The second-order valence-corrected chi connectivity index (χ2v) is 5.37. The largest absolute Gasteiger partial charge is 0.480 e. The molecule has 1 aromatic carbocycles. The lowest BCUT2D eigenvalue weighted by Crippen LogP contribution is -2.43. The molecule has 2 atom stereocenters. The summed E-state index contributed by atoms with van der Waals surface area (Å²) in [5, 5.41) is 9.17. The zero-order chi connectivity index (χ0) is 16.7. The molecular weight excluding hydrogens is 300 g/mol. The van der Waals surface area contributed by atoms with Crippen molar-refractivity contribution in [1.82, 2.24) is 4.90 Å². The van der Waals surface area contributed by atoms with Crippen LogP contribution in [0.2, 0.25) is 0 Å². The molecule has 0 radical (unpaired) electrons. The molecule has 1 aliphatic rings. The number of amides is 1. The predicted molar refractivity (Wildman–Crippen MR) is 82.6 cm³/mol. The van der Waals surface area contributed by atoms with Crippen molar-refractivity contribution in [3.8, 4) is 0 Å². The molecule has 3 N–H and O–H groups in total. The van der Waals surface area contributed by atoms with Gasteiger partial charge < -0.3 is 25.2 Å². The summed E-state index contributed by atoms with van der Waals surface area (Å²) >= 11 is 0. The summed E-state index contributed by atoms with van der Waals surface area (Å²) in [6, 6.07) is 8.93. The van der Waals surface area contributed by atoms with Gasteiger partial charge in [0.25, 0.3) is 0 Å². The van der Waals surface area contributed by atoms with Gasteiger partial charge in [-0.15, -0.1) is 0 Å². The minimum absolute atomic E-state index is 0.198. The van der Waals surface area contributed by atoms with Gasteiger partial charge >= 0.3 is 5.97 Å². The van der Waals surface area contributed by atoms with Crippen LogP contribution in [0.25, 0.3) is 0 Å². The molecule has 1 aliphatic heterocycles. The molecule has 0 spiro atoms. The van der Waals surface area contributed by atoms with Crippen LogP contribution in [0.5, 0.6) is 0 Å². The second-order valence-electron chi connectivity index (χ2n) is 5.37. The fourth-order valence-corrected chi connectivity index (χ4v) is 2.58. The Hall–Kier alpha value is -1.96. The summed E-state index contributed by atoms with van der Waals surface area (Å²) in [6.07, 6.45) is -0.0216. The minimum atomic E-state index is -1.03. The molecule has 1 aromatic rings. The Morgan fingerprint density at radius 3 is 2.65 bits per heavy atom. The van der Waals surface area contributed by atoms with Crippen LogP contribution in [-0.2, 0) is 25.7 Å². The van der Waals surface area contributed by atoms with Gasteiger partial charge in [0, 0.05) is 13.0 Å². The third kappa shape index (κ3) is 5.02. The summed E-state index contributed by atoms with van der Waals surface area (Å²) in [6.45, 7) is 1.33. The smallest absolute Gasteiger partial charge is 0.326 e. The van der Waals surface area contributed by atoms with E-state index in [1.54, 1.807) is 0 Å². The number of hydrogen-bond acceptors (Lipinski definition) is 5. The van der Waals surface area contributed by atoms with E-state index in [1.807, 2.05) is 30.3 Å². The fraction of sp³-hybridized carbons (Fsp3) is 0.500. The first-order chi connectivity index (χ1) is 11.1. The maximum absolute atomic E-state index is 11.7. The number of likely N-dealkylation sites (tertiary alicyclic amines) is 1. The lowest BCUT2D eigenvalue weighted by atomic mass is 10.2. The van der Waals surface area contributed by atoms with Gasteiger partial charge in [0.1, 0.15) is 6.04 Å². The number of carbonyl (C=O) groups is 2. The van der Waals surface area contributed by atoms with E-state index in [0.29, 0.717) is 19.8 Å². The SMILES string of the molecule is NCC(=O)N1C[C@H](OCCOCc2ccccc2)C[C@H]1C(=O)O. The van der Waals surface area contributed by atoms with Crippen molar-refractivity contribution in [3.63, 3.8) is 0 Å². The van der Waals surface area contributed by atoms with Crippen molar-refractivity contribution >= 4 is 11.9 Å². The van der Waals surface area contributed by atoms with Gasteiger partial charge in [0.05, 0.1) is 32.5 Å². The first kappa shape index (κ1) is 17.4. The Kier molecular flexibility index (Phi) is 6.52. The highest BCUT2D eigenvalue weighted by atomic mass is 16.5. The molecule has 0 aromatic heterocycles. The fourth-order valence-electron chi connectivity index (χ4n) is 2.58. The Labute approximate surface area is 135 Å². The second kappa shape index (κ2) is 8.61. The van der Waals surface area contributed by atoms with Crippen LogP contribution in [-0.4, -0.2) is 60.3 Å². The van der Waals surface area contributed by atoms with Crippen molar-refractivity contribution in [2.75, 3.05) is 26.3 Å². The van der Waals surface area contributed by atoms with Gasteiger partial charge in [-0.1, -0.05) is 30.3 Å². The average Bonchev–Trinajstić information content (AvgIpc) is 2.99. The molecule has 0 aliphatic carbocycles. The number of nitrogens with zero attached hydrogens (tertiary/aromatic N) is 1. The molecule has 23 heavy (non-hydrogen) atoms. The van der Waals surface area contributed by atoms with Crippen LogP contribution in [0.3, 0.4) is 0 Å². The van der Waals surface area contributed by atoms with Gasteiger partial charge in [0.15, 0.2) is 0 Å². The minimum Gasteiger partial charge on any atom is -0.480 e. The summed E-state index contributed by atoms with van der Waals surface area (Å²) in [5.74, 6) is -1.40. The van der Waals surface area contributed by atoms with Crippen LogP contribution in [0, 0.1) is 0 Å². The highest BCUT2D eigenvalue weighted by Gasteiger charge is 2.39. The Bertz CT molecular complexity index is 522. The number of rotatable bonds is 8. The van der Waals surface area contributed by atoms with Crippen molar-refractivity contribution in [2.45, 2.75) is 25.2 Å². The quantitative estimate of drug-likeness (QED) is 0.664. The number of hydrogen-bond donors (Lipinski definition) is 2. The van der Waals surface area contributed by atoms with E-state index in [0.717, 1.165) is 5.56 Å². The number of nitrogens with two attached hydrogens (primary N) is 1. The molecule has 2 rings (SSSR count). The molecule has 0 bridgehead atoms.